The van der Waals surface area contributed by atoms with Crippen LogP contribution in [-0.2, 0) is 14.3 Å². The second-order valence-electron chi connectivity index (χ2n) is 7.84. The number of ether oxygens (including phenoxy) is 1. The molecule has 1 heterocycles. The van der Waals surface area contributed by atoms with Crippen LogP contribution in [0.2, 0.25) is 5.02 Å². The zero-order chi connectivity index (χ0) is 20.3. The van der Waals surface area contributed by atoms with E-state index < -0.39 is 11.8 Å². The fraction of sp³-hybridized carbons (Fsp3) is 0.318. The van der Waals surface area contributed by atoms with Gasteiger partial charge in [0, 0.05) is 22.1 Å². The summed E-state index contributed by atoms with van der Waals surface area (Å²) in [5, 5.41) is 3.30. The molecule has 3 fully saturated rings. The third-order valence-corrected chi connectivity index (χ3v) is 7.78. The van der Waals surface area contributed by atoms with Crippen molar-refractivity contribution in [3.8, 4) is 0 Å². The minimum Gasteiger partial charge on any atom is -0.461 e. The summed E-state index contributed by atoms with van der Waals surface area (Å²) in [7, 11) is 0. The van der Waals surface area contributed by atoms with Crippen LogP contribution >= 0.6 is 27.5 Å². The van der Waals surface area contributed by atoms with E-state index in [9.17, 15) is 14.4 Å². The molecule has 5 rings (SSSR count). The Labute approximate surface area is 180 Å². The molecule has 3 aliphatic rings. The van der Waals surface area contributed by atoms with Gasteiger partial charge in [0.2, 0.25) is 5.91 Å². The number of amides is 1. The molecule has 5 nitrogen and oxygen atoms in total. The number of carbonyl (C=O) groups is 3. The quantitative estimate of drug-likeness (QED) is 0.412. The Kier molecular flexibility index (Phi) is 4.51. The second-order valence-corrected chi connectivity index (χ2v) is 9.33. The van der Waals surface area contributed by atoms with E-state index in [1.54, 1.807) is 42.5 Å². The highest BCUT2D eigenvalue weighted by molar-refractivity contribution is 9.09. The van der Waals surface area contributed by atoms with Crippen LogP contribution < -0.4 is 5.32 Å². The van der Waals surface area contributed by atoms with Crippen molar-refractivity contribution < 1.29 is 19.1 Å². The van der Waals surface area contributed by atoms with Crippen molar-refractivity contribution in [2.45, 2.75) is 17.4 Å². The number of fused-ring (bicyclic) bond motifs is 1. The molecule has 7 heteroatoms. The summed E-state index contributed by atoms with van der Waals surface area (Å²) in [6.07, 6.45) is 0.665. The van der Waals surface area contributed by atoms with Gasteiger partial charge in [-0.1, -0.05) is 57.9 Å². The molecule has 2 saturated carbocycles. The second kappa shape index (κ2) is 6.96. The standard InChI is InChI=1S/C22H17BrClNO4/c23-18-13-9-14-17(22(28)29-20(14)18)16(13)21(27)25-15-7-6-11(24)8-12(15)19(26)10-4-2-1-3-5-10/h1-8,13-14,16-18,20H,9H2,(H,25,27). The summed E-state index contributed by atoms with van der Waals surface area (Å²) < 4.78 is 5.48. The summed E-state index contributed by atoms with van der Waals surface area (Å²) in [6, 6.07) is 13.6. The predicted octanol–water partition coefficient (Wildman–Crippen LogP) is 4.08. The molecule has 1 N–H and O–H groups in total. The van der Waals surface area contributed by atoms with Crippen LogP contribution in [0.5, 0.6) is 0 Å². The highest BCUT2D eigenvalue weighted by atomic mass is 79.9. The lowest BCUT2D eigenvalue weighted by Crippen LogP contribution is -2.40. The average molecular weight is 475 g/mol. The topological polar surface area (TPSA) is 72.5 Å². The van der Waals surface area contributed by atoms with Crippen molar-refractivity contribution in [3.63, 3.8) is 0 Å². The zero-order valence-corrected chi connectivity index (χ0v) is 17.5. The number of benzene rings is 2. The fourth-order valence-corrected chi connectivity index (χ4v) is 6.32. The molecule has 29 heavy (non-hydrogen) atoms. The highest BCUT2D eigenvalue weighted by Gasteiger charge is 2.67. The predicted molar refractivity (Wildman–Crippen MR) is 111 cm³/mol. The van der Waals surface area contributed by atoms with Crippen LogP contribution in [0.15, 0.2) is 48.5 Å². The van der Waals surface area contributed by atoms with E-state index >= 15 is 0 Å². The van der Waals surface area contributed by atoms with E-state index in [0.717, 1.165) is 6.42 Å². The number of anilines is 1. The molecular weight excluding hydrogens is 458 g/mol. The van der Waals surface area contributed by atoms with E-state index in [1.165, 1.54) is 0 Å². The van der Waals surface area contributed by atoms with E-state index in [4.69, 9.17) is 16.3 Å². The van der Waals surface area contributed by atoms with Crippen LogP contribution in [-0.4, -0.2) is 28.6 Å². The Balaban J connectivity index is 1.45. The van der Waals surface area contributed by atoms with Crippen LogP contribution in [0.1, 0.15) is 22.3 Å². The van der Waals surface area contributed by atoms with Crippen molar-refractivity contribution in [2.75, 3.05) is 5.32 Å². The maximum Gasteiger partial charge on any atom is 0.310 e. The van der Waals surface area contributed by atoms with E-state index in [0.29, 0.717) is 21.8 Å². The maximum atomic E-state index is 13.2. The van der Waals surface area contributed by atoms with Gasteiger partial charge in [-0.2, -0.15) is 0 Å². The van der Waals surface area contributed by atoms with E-state index in [1.807, 2.05) is 6.07 Å². The van der Waals surface area contributed by atoms with Crippen LogP contribution in [0.4, 0.5) is 5.69 Å². The van der Waals surface area contributed by atoms with Crippen LogP contribution in [0.25, 0.3) is 0 Å². The zero-order valence-electron chi connectivity index (χ0n) is 15.2. The molecule has 0 spiro atoms. The first kappa shape index (κ1) is 18.8. The van der Waals surface area contributed by atoms with E-state index in [2.05, 4.69) is 21.2 Å². The van der Waals surface area contributed by atoms with Crippen molar-refractivity contribution in [1.29, 1.82) is 0 Å². The molecular formula is C22H17BrClNO4. The molecule has 0 aromatic heterocycles. The molecule has 6 unspecified atom stereocenters. The van der Waals surface area contributed by atoms with Gasteiger partial charge in [-0.05, 0) is 30.5 Å². The summed E-state index contributed by atoms with van der Waals surface area (Å²) in [5.41, 5.74) is 1.22. The van der Waals surface area contributed by atoms with Crippen LogP contribution in [0.3, 0.4) is 0 Å². The van der Waals surface area contributed by atoms with Gasteiger partial charge in [0.1, 0.15) is 6.10 Å². The van der Waals surface area contributed by atoms with Crippen molar-refractivity contribution >= 4 is 50.9 Å². The summed E-state index contributed by atoms with van der Waals surface area (Å²) >= 11 is 9.74. The molecule has 2 bridgehead atoms. The Bertz CT molecular complexity index is 1030. The average Bonchev–Trinajstić information content (AvgIpc) is 3.33. The van der Waals surface area contributed by atoms with Crippen molar-refractivity contribution in [1.82, 2.24) is 0 Å². The summed E-state index contributed by atoms with van der Waals surface area (Å²) in [5.74, 6) is -1.51. The Morgan fingerprint density at radius 1 is 1.10 bits per heavy atom. The van der Waals surface area contributed by atoms with Crippen molar-refractivity contribution in [2.24, 2.45) is 23.7 Å². The molecule has 6 atom stereocenters. The summed E-state index contributed by atoms with van der Waals surface area (Å²) in [4.78, 5) is 38.5. The lowest BCUT2D eigenvalue weighted by atomic mass is 9.79. The van der Waals surface area contributed by atoms with Gasteiger partial charge in [0.05, 0.1) is 22.4 Å². The van der Waals surface area contributed by atoms with Crippen LogP contribution in [0, 0.1) is 23.7 Å². The first-order valence-corrected chi connectivity index (χ1v) is 10.8. The molecule has 2 aliphatic carbocycles. The lowest BCUT2D eigenvalue weighted by Gasteiger charge is -2.27. The number of hydrogen-bond acceptors (Lipinski definition) is 4. The smallest absolute Gasteiger partial charge is 0.310 e. The third kappa shape index (κ3) is 2.92. The minimum atomic E-state index is -0.467. The molecule has 2 aromatic rings. The molecule has 1 aliphatic heterocycles. The minimum absolute atomic E-state index is 0.0124. The number of carbonyl (C=O) groups excluding carboxylic acids is 3. The molecule has 1 amide bonds. The Morgan fingerprint density at radius 2 is 1.86 bits per heavy atom. The third-order valence-electron chi connectivity index (χ3n) is 6.35. The molecule has 1 saturated heterocycles. The van der Waals surface area contributed by atoms with Gasteiger partial charge in [-0.15, -0.1) is 0 Å². The van der Waals surface area contributed by atoms with Gasteiger partial charge in [-0.25, -0.2) is 0 Å². The van der Waals surface area contributed by atoms with Crippen molar-refractivity contribution in [3.05, 3.63) is 64.7 Å². The highest BCUT2D eigenvalue weighted by Crippen LogP contribution is 2.60. The maximum absolute atomic E-state index is 13.2. The first-order chi connectivity index (χ1) is 14.0. The fourth-order valence-electron chi connectivity index (χ4n) is 5.10. The number of esters is 1. The van der Waals surface area contributed by atoms with Gasteiger partial charge in [0.25, 0.3) is 0 Å². The largest absolute Gasteiger partial charge is 0.461 e. The summed E-state index contributed by atoms with van der Waals surface area (Å²) in [6.45, 7) is 0. The SMILES string of the molecule is O=C(c1ccccc1)c1cc(Cl)ccc1NC(=O)C1C2CC3C(OC(=O)C31)C2Br. The van der Waals surface area contributed by atoms with Gasteiger partial charge < -0.3 is 10.1 Å². The molecule has 0 radical (unpaired) electrons. The van der Waals surface area contributed by atoms with Gasteiger partial charge in [0.15, 0.2) is 5.78 Å². The number of rotatable bonds is 4. The number of halogens is 2. The van der Waals surface area contributed by atoms with Gasteiger partial charge >= 0.3 is 5.97 Å². The number of alkyl halides is 1. The number of ketones is 1. The molecule has 2 aromatic carbocycles. The number of hydrogen-bond donors (Lipinski definition) is 1. The monoisotopic (exact) mass is 473 g/mol. The number of nitrogens with one attached hydrogen (secondary N) is 1. The van der Waals surface area contributed by atoms with Gasteiger partial charge in [-0.3, -0.25) is 14.4 Å². The molecule has 148 valence electrons. The lowest BCUT2D eigenvalue weighted by molar-refractivity contribution is -0.145. The Morgan fingerprint density at radius 3 is 2.62 bits per heavy atom. The Hall–Kier alpha value is -2.18. The first-order valence-electron chi connectivity index (χ1n) is 9.50. The normalized spacial score (nSPS) is 31.6. The van der Waals surface area contributed by atoms with E-state index in [-0.39, 0.29) is 40.4 Å².